The van der Waals surface area contributed by atoms with Gasteiger partial charge in [0.15, 0.2) is 0 Å². The minimum Gasteiger partial charge on any atom is -0.346 e. The number of carbonyl (C=O) groups excluding carboxylic acids is 2. The van der Waals surface area contributed by atoms with Crippen LogP contribution in [0.3, 0.4) is 0 Å². The fraction of sp³-hybridized carbons (Fsp3) is 0.200. The van der Waals surface area contributed by atoms with Gasteiger partial charge in [-0.3, -0.25) is 19.6 Å². The minimum absolute atomic E-state index is 0.0390. The van der Waals surface area contributed by atoms with E-state index in [0.717, 1.165) is 10.9 Å². The van der Waals surface area contributed by atoms with Gasteiger partial charge in [-0.1, -0.05) is 12.1 Å². The maximum absolute atomic E-state index is 12.5. The van der Waals surface area contributed by atoms with E-state index < -0.39 is 0 Å². The molecule has 4 rings (SSSR count). The van der Waals surface area contributed by atoms with Gasteiger partial charge >= 0.3 is 0 Å². The van der Waals surface area contributed by atoms with Crippen molar-refractivity contribution in [3.05, 3.63) is 71.7 Å². The molecule has 3 aromatic rings. The van der Waals surface area contributed by atoms with E-state index in [2.05, 4.69) is 15.3 Å². The number of hydrogen-bond acceptors (Lipinski definition) is 4. The third-order valence-corrected chi connectivity index (χ3v) is 4.61. The number of hydrogen-bond donors (Lipinski definition) is 1. The second-order valence-electron chi connectivity index (χ2n) is 6.43. The van der Waals surface area contributed by atoms with Gasteiger partial charge in [-0.15, -0.1) is 0 Å². The molecule has 2 aromatic heterocycles. The van der Waals surface area contributed by atoms with E-state index >= 15 is 0 Å². The first-order chi connectivity index (χ1) is 12.6. The predicted octanol–water partition coefficient (Wildman–Crippen LogP) is 2.19. The van der Waals surface area contributed by atoms with E-state index in [9.17, 15) is 9.59 Å². The summed E-state index contributed by atoms with van der Waals surface area (Å²) < 4.78 is 0. The Morgan fingerprint density at radius 2 is 1.85 bits per heavy atom. The van der Waals surface area contributed by atoms with Crippen LogP contribution in [0, 0.1) is 6.92 Å². The summed E-state index contributed by atoms with van der Waals surface area (Å²) in [6, 6.07) is 12.8. The average molecular weight is 346 g/mol. The lowest BCUT2D eigenvalue weighted by Gasteiger charge is -2.39. The van der Waals surface area contributed by atoms with Crippen molar-refractivity contribution in [1.29, 1.82) is 0 Å². The highest BCUT2D eigenvalue weighted by Gasteiger charge is 2.33. The van der Waals surface area contributed by atoms with Crippen molar-refractivity contribution in [3.8, 4) is 0 Å². The molecule has 130 valence electrons. The van der Waals surface area contributed by atoms with Crippen LogP contribution in [0.25, 0.3) is 10.9 Å². The summed E-state index contributed by atoms with van der Waals surface area (Å²) in [7, 11) is 0. The van der Waals surface area contributed by atoms with Crippen LogP contribution >= 0.6 is 0 Å². The molecule has 0 radical (unpaired) electrons. The van der Waals surface area contributed by atoms with Crippen molar-refractivity contribution in [2.45, 2.75) is 13.0 Å². The maximum Gasteiger partial charge on any atom is 0.255 e. The fourth-order valence-corrected chi connectivity index (χ4v) is 3.09. The molecule has 1 fully saturated rings. The second-order valence-corrected chi connectivity index (χ2v) is 6.43. The number of pyridine rings is 2. The number of likely N-dealkylation sites (tertiary alicyclic amines) is 1. The lowest BCUT2D eigenvalue weighted by atomic mass is 10.0. The Morgan fingerprint density at radius 3 is 2.65 bits per heavy atom. The largest absolute Gasteiger partial charge is 0.346 e. The van der Waals surface area contributed by atoms with Gasteiger partial charge in [-0.25, -0.2) is 0 Å². The van der Waals surface area contributed by atoms with E-state index in [0.29, 0.717) is 29.9 Å². The Hall–Kier alpha value is -3.28. The topological polar surface area (TPSA) is 75.2 Å². The number of nitrogens with zero attached hydrogens (tertiary/aromatic N) is 3. The SMILES string of the molecule is Cc1ncccc1C(=O)N1CC(NC(=O)c2ccc3cccnc3c2)C1. The van der Waals surface area contributed by atoms with Crippen molar-refractivity contribution >= 4 is 22.7 Å². The Morgan fingerprint density at radius 1 is 1.08 bits per heavy atom. The predicted molar refractivity (Wildman–Crippen MR) is 97.9 cm³/mol. The quantitative estimate of drug-likeness (QED) is 0.789. The summed E-state index contributed by atoms with van der Waals surface area (Å²) in [5.74, 6) is -0.191. The zero-order valence-corrected chi connectivity index (χ0v) is 14.3. The van der Waals surface area contributed by atoms with Gasteiger partial charge in [0.05, 0.1) is 17.1 Å². The molecule has 6 heteroatoms. The highest BCUT2D eigenvalue weighted by atomic mass is 16.2. The molecule has 3 heterocycles. The number of rotatable bonds is 3. The molecule has 2 amide bonds. The van der Waals surface area contributed by atoms with Crippen LogP contribution in [0.1, 0.15) is 26.4 Å². The first kappa shape index (κ1) is 16.2. The molecule has 1 saturated heterocycles. The van der Waals surface area contributed by atoms with Gasteiger partial charge in [0, 0.05) is 42.1 Å². The smallest absolute Gasteiger partial charge is 0.255 e. The van der Waals surface area contributed by atoms with E-state index in [4.69, 9.17) is 0 Å². The molecule has 1 aliphatic rings. The van der Waals surface area contributed by atoms with Gasteiger partial charge in [-0.2, -0.15) is 0 Å². The molecule has 26 heavy (non-hydrogen) atoms. The summed E-state index contributed by atoms with van der Waals surface area (Å²) in [5, 5.41) is 3.97. The average Bonchev–Trinajstić information content (AvgIpc) is 2.63. The van der Waals surface area contributed by atoms with E-state index in [1.807, 2.05) is 25.1 Å². The maximum atomic E-state index is 12.5. The number of benzene rings is 1. The zero-order chi connectivity index (χ0) is 18.1. The molecule has 6 nitrogen and oxygen atoms in total. The first-order valence-corrected chi connectivity index (χ1v) is 8.48. The summed E-state index contributed by atoms with van der Waals surface area (Å²) in [6.45, 7) is 2.83. The standard InChI is InChI=1S/C20H18N4O2/c1-13-17(5-3-8-21-13)20(26)24-11-16(12-24)23-19(25)15-7-6-14-4-2-9-22-18(14)10-15/h2-10,16H,11-12H2,1H3,(H,23,25). The van der Waals surface area contributed by atoms with Crippen LogP contribution in [0.2, 0.25) is 0 Å². The van der Waals surface area contributed by atoms with Crippen LogP contribution in [0.4, 0.5) is 0 Å². The van der Waals surface area contributed by atoms with Crippen LogP contribution in [-0.4, -0.2) is 45.8 Å². The molecule has 0 unspecified atom stereocenters. The van der Waals surface area contributed by atoms with Gasteiger partial charge in [0.25, 0.3) is 11.8 Å². The number of nitrogens with one attached hydrogen (secondary N) is 1. The molecule has 0 atom stereocenters. The second kappa shape index (κ2) is 6.55. The number of carbonyl (C=O) groups is 2. The van der Waals surface area contributed by atoms with Crippen LogP contribution in [0.15, 0.2) is 54.9 Å². The van der Waals surface area contributed by atoms with Crippen molar-refractivity contribution in [3.63, 3.8) is 0 Å². The minimum atomic E-state index is -0.146. The molecule has 0 bridgehead atoms. The summed E-state index contributed by atoms with van der Waals surface area (Å²) in [5.41, 5.74) is 2.69. The number of fused-ring (bicyclic) bond motifs is 1. The normalized spacial score (nSPS) is 14.1. The number of aryl methyl sites for hydroxylation is 1. The molecular formula is C20H18N4O2. The Bertz CT molecular complexity index is 996. The van der Waals surface area contributed by atoms with E-state index in [1.54, 1.807) is 41.6 Å². The zero-order valence-electron chi connectivity index (χ0n) is 14.3. The Balaban J connectivity index is 1.38. The van der Waals surface area contributed by atoms with Crippen LogP contribution in [-0.2, 0) is 0 Å². The molecule has 0 saturated carbocycles. The van der Waals surface area contributed by atoms with Crippen LogP contribution < -0.4 is 5.32 Å². The highest BCUT2D eigenvalue weighted by molar-refractivity contribution is 5.99. The monoisotopic (exact) mass is 346 g/mol. The molecule has 1 N–H and O–H groups in total. The molecular weight excluding hydrogens is 328 g/mol. The number of aromatic nitrogens is 2. The van der Waals surface area contributed by atoms with Crippen molar-refractivity contribution < 1.29 is 9.59 Å². The lowest BCUT2D eigenvalue weighted by molar-refractivity contribution is 0.0541. The Labute approximate surface area is 150 Å². The summed E-state index contributed by atoms with van der Waals surface area (Å²) in [6.07, 6.45) is 3.38. The van der Waals surface area contributed by atoms with Gasteiger partial charge in [0.2, 0.25) is 0 Å². The number of amides is 2. The summed E-state index contributed by atoms with van der Waals surface area (Å²) >= 11 is 0. The molecule has 1 aromatic carbocycles. The van der Waals surface area contributed by atoms with Gasteiger partial charge in [0.1, 0.15) is 0 Å². The van der Waals surface area contributed by atoms with E-state index in [1.165, 1.54) is 0 Å². The third kappa shape index (κ3) is 3.01. The van der Waals surface area contributed by atoms with E-state index in [-0.39, 0.29) is 17.9 Å². The first-order valence-electron chi connectivity index (χ1n) is 8.48. The third-order valence-electron chi connectivity index (χ3n) is 4.61. The van der Waals surface area contributed by atoms with Crippen molar-refractivity contribution in [1.82, 2.24) is 20.2 Å². The molecule has 0 aliphatic carbocycles. The van der Waals surface area contributed by atoms with Crippen molar-refractivity contribution in [2.24, 2.45) is 0 Å². The van der Waals surface area contributed by atoms with Crippen molar-refractivity contribution in [2.75, 3.05) is 13.1 Å². The molecule has 0 spiro atoms. The summed E-state index contributed by atoms with van der Waals surface area (Å²) in [4.78, 5) is 35.0. The highest BCUT2D eigenvalue weighted by Crippen LogP contribution is 2.17. The fourth-order valence-electron chi connectivity index (χ4n) is 3.09. The Kier molecular flexibility index (Phi) is 4.08. The van der Waals surface area contributed by atoms with Gasteiger partial charge in [-0.05, 0) is 37.3 Å². The van der Waals surface area contributed by atoms with Crippen LogP contribution in [0.5, 0.6) is 0 Å². The van der Waals surface area contributed by atoms with Gasteiger partial charge < -0.3 is 10.2 Å². The lowest BCUT2D eigenvalue weighted by Crippen LogP contribution is -2.61. The molecule has 1 aliphatic heterocycles.